The number of aromatic nitrogens is 2. The van der Waals surface area contributed by atoms with E-state index < -0.39 is 17.0 Å². The average Bonchev–Trinajstić information content (AvgIpc) is 1.99. The van der Waals surface area contributed by atoms with Crippen LogP contribution in [0.1, 0.15) is 17.3 Å². The third kappa shape index (κ3) is 1.37. The SMILES string of the molecule is CC(=O)c1c(N)[nH]c(=O)n(C)c1=O. The number of nitrogen functional groups attached to an aromatic ring is 1. The fourth-order valence-corrected chi connectivity index (χ4v) is 0.977. The first kappa shape index (κ1) is 9.24. The van der Waals surface area contributed by atoms with E-state index in [4.69, 9.17) is 5.73 Å². The van der Waals surface area contributed by atoms with Crippen molar-refractivity contribution in [3.8, 4) is 0 Å². The third-order valence-electron chi connectivity index (χ3n) is 1.69. The summed E-state index contributed by atoms with van der Waals surface area (Å²) >= 11 is 0. The molecule has 0 amide bonds. The zero-order valence-corrected chi connectivity index (χ0v) is 7.25. The summed E-state index contributed by atoms with van der Waals surface area (Å²) in [4.78, 5) is 35.4. The number of hydrogen-bond donors (Lipinski definition) is 2. The van der Waals surface area contributed by atoms with Crippen LogP contribution < -0.4 is 17.0 Å². The fraction of sp³-hybridized carbons (Fsp3) is 0.286. The Hall–Kier alpha value is -1.85. The van der Waals surface area contributed by atoms with Gasteiger partial charge in [-0.05, 0) is 6.92 Å². The van der Waals surface area contributed by atoms with E-state index in [0.717, 1.165) is 4.57 Å². The lowest BCUT2D eigenvalue weighted by molar-refractivity contribution is 0.101. The van der Waals surface area contributed by atoms with Crippen LogP contribution in [0, 0.1) is 0 Å². The Morgan fingerprint density at radius 3 is 2.46 bits per heavy atom. The highest BCUT2D eigenvalue weighted by Gasteiger charge is 2.13. The van der Waals surface area contributed by atoms with Crippen molar-refractivity contribution in [3.05, 3.63) is 26.4 Å². The highest BCUT2D eigenvalue weighted by molar-refractivity contribution is 5.97. The molecular formula is C7H9N3O3. The number of carbonyl (C=O) groups is 1. The molecule has 6 heteroatoms. The van der Waals surface area contributed by atoms with Crippen molar-refractivity contribution >= 4 is 11.6 Å². The molecule has 0 aliphatic rings. The molecule has 1 aromatic heterocycles. The number of rotatable bonds is 1. The van der Waals surface area contributed by atoms with Crippen LogP contribution in [0.25, 0.3) is 0 Å². The Labute approximate surface area is 73.0 Å². The van der Waals surface area contributed by atoms with Gasteiger partial charge in [-0.1, -0.05) is 0 Å². The molecule has 0 spiro atoms. The molecular weight excluding hydrogens is 174 g/mol. The van der Waals surface area contributed by atoms with Crippen LogP contribution in [0.2, 0.25) is 0 Å². The number of Topliss-reactive ketones (excluding diaryl/α,β-unsaturated/α-hetero) is 1. The molecule has 0 unspecified atom stereocenters. The Kier molecular flexibility index (Phi) is 2.05. The van der Waals surface area contributed by atoms with Gasteiger partial charge in [-0.25, -0.2) is 4.79 Å². The van der Waals surface area contributed by atoms with Crippen molar-refractivity contribution < 1.29 is 4.79 Å². The first-order valence-corrected chi connectivity index (χ1v) is 3.55. The van der Waals surface area contributed by atoms with E-state index in [-0.39, 0.29) is 11.4 Å². The van der Waals surface area contributed by atoms with E-state index >= 15 is 0 Å². The van der Waals surface area contributed by atoms with Crippen molar-refractivity contribution in [2.75, 3.05) is 5.73 Å². The summed E-state index contributed by atoms with van der Waals surface area (Å²) in [6.07, 6.45) is 0. The molecule has 0 atom stereocenters. The van der Waals surface area contributed by atoms with Crippen LogP contribution in [0.3, 0.4) is 0 Å². The number of H-pyrrole nitrogens is 1. The molecule has 0 saturated heterocycles. The smallest absolute Gasteiger partial charge is 0.329 e. The molecule has 0 radical (unpaired) electrons. The molecule has 1 rings (SSSR count). The zero-order chi connectivity index (χ0) is 10.2. The minimum absolute atomic E-state index is 0.179. The number of nitrogens with zero attached hydrogens (tertiary/aromatic N) is 1. The average molecular weight is 183 g/mol. The van der Waals surface area contributed by atoms with Gasteiger partial charge >= 0.3 is 5.69 Å². The minimum atomic E-state index is -0.672. The van der Waals surface area contributed by atoms with Gasteiger partial charge in [-0.2, -0.15) is 0 Å². The van der Waals surface area contributed by atoms with Gasteiger partial charge in [0.1, 0.15) is 11.4 Å². The third-order valence-corrected chi connectivity index (χ3v) is 1.69. The Balaban J connectivity index is 3.74. The van der Waals surface area contributed by atoms with E-state index in [1.54, 1.807) is 0 Å². The lowest BCUT2D eigenvalue weighted by Crippen LogP contribution is -2.37. The fourth-order valence-electron chi connectivity index (χ4n) is 0.977. The molecule has 0 fully saturated rings. The van der Waals surface area contributed by atoms with Gasteiger partial charge in [0.05, 0.1) is 0 Å². The lowest BCUT2D eigenvalue weighted by atomic mass is 10.2. The van der Waals surface area contributed by atoms with E-state index in [2.05, 4.69) is 4.98 Å². The highest BCUT2D eigenvalue weighted by atomic mass is 16.2. The van der Waals surface area contributed by atoms with Gasteiger partial charge in [0, 0.05) is 7.05 Å². The molecule has 3 N–H and O–H groups in total. The maximum absolute atomic E-state index is 11.3. The van der Waals surface area contributed by atoms with Gasteiger partial charge in [-0.3, -0.25) is 19.1 Å². The first-order valence-electron chi connectivity index (χ1n) is 3.55. The topological polar surface area (TPSA) is 97.9 Å². The number of nitrogens with two attached hydrogens (primary N) is 1. The molecule has 70 valence electrons. The predicted molar refractivity (Wildman–Crippen MR) is 46.7 cm³/mol. The molecule has 0 aliphatic carbocycles. The van der Waals surface area contributed by atoms with Crippen molar-refractivity contribution in [2.45, 2.75) is 6.92 Å². The number of hydrogen-bond acceptors (Lipinski definition) is 4. The molecule has 6 nitrogen and oxygen atoms in total. The maximum atomic E-state index is 11.3. The van der Waals surface area contributed by atoms with E-state index in [0.29, 0.717) is 0 Å². The van der Waals surface area contributed by atoms with Gasteiger partial charge in [0.2, 0.25) is 0 Å². The van der Waals surface area contributed by atoms with Gasteiger partial charge in [0.15, 0.2) is 5.78 Å². The van der Waals surface area contributed by atoms with Crippen LogP contribution >= 0.6 is 0 Å². The second-order valence-corrected chi connectivity index (χ2v) is 2.64. The molecule has 1 aromatic rings. The number of carbonyl (C=O) groups excluding carboxylic acids is 1. The van der Waals surface area contributed by atoms with Crippen LogP contribution in [0.15, 0.2) is 9.59 Å². The summed E-state index contributed by atoms with van der Waals surface area (Å²) < 4.78 is 0.799. The summed E-state index contributed by atoms with van der Waals surface area (Å²) in [6.45, 7) is 1.21. The van der Waals surface area contributed by atoms with Crippen molar-refractivity contribution in [1.82, 2.24) is 9.55 Å². The summed E-state index contributed by atoms with van der Waals surface area (Å²) in [5.41, 5.74) is 3.82. The summed E-state index contributed by atoms with van der Waals surface area (Å²) in [5, 5.41) is 0. The molecule has 0 aliphatic heterocycles. The standard InChI is InChI=1S/C7H9N3O3/c1-3(11)4-5(8)9-7(13)10(2)6(4)12/h8H2,1-2H3,(H,9,13). The molecule has 1 heterocycles. The predicted octanol–water partition coefficient (Wildman–Crippen LogP) is -1.14. The number of nitrogens with one attached hydrogen (secondary N) is 1. The Bertz CT molecular complexity index is 469. The quantitative estimate of drug-likeness (QED) is 0.537. The molecule has 0 aromatic carbocycles. The maximum Gasteiger partial charge on any atom is 0.329 e. The minimum Gasteiger partial charge on any atom is -0.384 e. The van der Waals surface area contributed by atoms with E-state index in [1.165, 1.54) is 14.0 Å². The molecule has 0 saturated carbocycles. The van der Waals surface area contributed by atoms with Gasteiger partial charge < -0.3 is 5.73 Å². The summed E-state index contributed by atoms with van der Waals surface area (Å²) in [7, 11) is 1.27. The van der Waals surface area contributed by atoms with Crippen LogP contribution in [-0.4, -0.2) is 15.3 Å². The van der Waals surface area contributed by atoms with E-state index in [9.17, 15) is 14.4 Å². The highest BCUT2D eigenvalue weighted by Crippen LogP contribution is 1.98. The van der Waals surface area contributed by atoms with Gasteiger partial charge in [0.25, 0.3) is 5.56 Å². The normalized spacial score (nSPS) is 10.0. The van der Waals surface area contributed by atoms with Crippen LogP contribution in [0.4, 0.5) is 5.82 Å². The largest absolute Gasteiger partial charge is 0.384 e. The van der Waals surface area contributed by atoms with Crippen LogP contribution in [0.5, 0.6) is 0 Å². The monoisotopic (exact) mass is 183 g/mol. The Morgan fingerprint density at radius 1 is 1.46 bits per heavy atom. The molecule has 0 bridgehead atoms. The van der Waals surface area contributed by atoms with Crippen molar-refractivity contribution in [2.24, 2.45) is 7.05 Å². The number of ketones is 1. The van der Waals surface area contributed by atoms with Crippen LogP contribution in [-0.2, 0) is 7.05 Å². The lowest BCUT2D eigenvalue weighted by Gasteiger charge is -2.02. The second-order valence-electron chi connectivity index (χ2n) is 2.64. The van der Waals surface area contributed by atoms with E-state index in [1.807, 2.05) is 0 Å². The zero-order valence-electron chi connectivity index (χ0n) is 7.25. The number of anilines is 1. The Morgan fingerprint density at radius 2 is 2.00 bits per heavy atom. The summed E-state index contributed by atoms with van der Waals surface area (Å²) in [5.74, 6) is -0.644. The first-order chi connectivity index (χ1) is 5.95. The second kappa shape index (κ2) is 2.89. The van der Waals surface area contributed by atoms with Crippen molar-refractivity contribution in [1.29, 1.82) is 0 Å². The summed E-state index contributed by atoms with van der Waals surface area (Å²) in [6, 6.07) is 0. The molecule has 13 heavy (non-hydrogen) atoms. The number of aromatic amines is 1. The van der Waals surface area contributed by atoms with Crippen molar-refractivity contribution in [3.63, 3.8) is 0 Å². The van der Waals surface area contributed by atoms with Gasteiger partial charge in [-0.15, -0.1) is 0 Å².